The van der Waals surface area contributed by atoms with Gasteiger partial charge in [0.2, 0.25) is 5.91 Å². The summed E-state index contributed by atoms with van der Waals surface area (Å²) in [6.45, 7) is 4.28. The summed E-state index contributed by atoms with van der Waals surface area (Å²) >= 11 is 0. The number of nitrogens with zero attached hydrogens (tertiary/aromatic N) is 4. The average Bonchev–Trinajstić information content (AvgIpc) is 3.22. The van der Waals surface area contributed by atoms with Gasteiger partial charge in [-0.15, -0.1) is 0 Å². The van der Waals surface area contributed by atoms with Crippen LogP contribution in [0.3, 0.4) is 0 Å². The van der Waals surface area contributed by atoms with E-state index in [2.05, 4.69) is 17.0 Å². The fraction of sp³-hybridized carbons (Fsp3) is 0.526. The summed E-state index contributed by atoms with van der Waals surface area (Å²) in [7, 11) is 1.56. The van der Waals surface area contributed by atoms with Gasteiger partial charge in [-0.3, -0.25) is 19.4 Å². The van der Waals surface area contributed by atoms with Gasteiger partial charge < -0.3 is 14.5 Å². The number of piperazine rings is 1. The third kappa shape index (κ3) is 3.62. The molecule has 0 saturated carbocycles. The maximum absolute atomic E-state index is 12.5. The van der Waals surface area contributed by atoms with Gasteiger partial charge >= 0.3 is 6.03 Å². The molecule has 0 aliphatic carbocycles. The number of fused-ring (bicyclic) bond motifs is 1. The number of hydrogen-bond donors (Lipinski definition) is 0. The Bertz CT molecular complexity index is 773. The van der Waals surface area contributed by atoms with Crippen LogP contribution in [-0.2, 0) is 22.6 Å². The smallest absolute Gasteiger partial charge is 0.327 e. The molecule has 8 heteroatoms. The number of hydrogen-bond acceptors (Lipinski definition) is 5. The van der Waals surface area contributed by atoms with Crippen molar-refractivity contribution in [3.63, 3.8) is 0 Å². The van der Waals surface area contributed by atoms with Gasteiger partial charge in [-0.2, -0.15) is 0 Å². The van der Waals surface area contributed by atoms with Gasteiger partial charge in [-0.05, 0) is 17.2 Å². The van der Waals surface area contributed by atoms with E-state index in [-0.39, 0.29) is 24.9 Å². The number of rotatable bonds is 4. The zero-order chi connectivity index (χ0) is 19.0. The number of benzene rings is 1. The lowest BCUT2D eigenvalue weighted by atomic mass is 10.1. The maximum Gasteiger partial charge on any atom is 0.327 e. The first kappa shape index (κ1) is 17.8. The molecule has 0 atom stereocenters. The normalized spacial score (nSPS) is 20.3. The van der Waals surface area contributed by atoms with Crippen molar-refractivity contribution in [2.24, 2.45) is 0 Å². The molecular weight excluding hydrogens is 348 g/mol. The quantitative estimate of drug-likeness (QED) is 0.704. The molecule has 0 radical (unpaired) electrons. The Morgan fingerprint density at radius 1 is 1.15 bits per heavy atom. The molecule has 4 amide bonds. The van der Waals surface area contributed by atoms with E-state index in [1.54, 1.807) is 11.9 Å². The summed E-state index contributed by atoms with van der Waals surface area (Å²) < 4.78 is 5.55. The van der Waals surface area contributed by atoms with Crippen LogP contribution in [0.15, 0.2) is 18.2 Å². The molecule has 1 aromatic rings. The summed E-state index contributed by atoms with van der Waals surface area (Å²) in [5.41, 5.74) is 2.53. The Hall–Kier alpha value is -2.61. The van der Waals surface area contributed by atoms with E-state index in [4.69, 9.17) is 4.74 Å². The molecule has 0 aromatic heterocycles. The van der Waals surface area contributed by atoms with E-state index in [9.17, 15) is 14.4 Å². The van der Waals surface area contributed by atoms with Crippen molar-refractivity contribution in [1.82, 2.24) is 19.6 Å². The van der Waals surface area contributed by atoms with Gasteiger partial charge in [0.15, 0.2) is 0 Å². The van der Waals surface area contributed by atoms with Crippen molar-refractivity contribution >= 4 is 17.8 Å². The van der Waals surface area contributed by atoms with Crippen LogP contribution < -0.4 is 4.74 Å². The second-order valence-electron chi connectivity index (χ2n) is 7.32. The highest BCUT2D eigenvalue weighted by molar-refractivity contribution is 6.04. The van der Waals surface area contributed by atoms with Gasteiger partial charge in [-0.25, -0.2) is 4.79 Å². The van der Waals surface area contributed by atoms with E-state index in [0.29, 0.717) is 13.1 Å². The van der Waals surface area contributed by atoms with Crippen molar-refractivity contribution in [2.45, 2.75) is 13.0 Å². The van der Waals surface area contributed by atoms with Crippen molar-refractivity contribution < 1.29 is 19.1 Å². The molecule has 4 rings (SSSR count). The lowest BCUT2D eigenvalue weighted by Gasteiger charge is -2.35. The summed E-state index contributed by atoms with van der Waals surface area (Å²) in [6.07, 6.45) is 0.967. The number of amides is 4. The van der Waals surface area contributed by atoms with Crippen molar-refractivity contribution in [2.75, 3.05) is 52.9 Å². The van der Waals surface area contributed by atoms with E-state index in [1.807, 2.05) is 6.07 Å². The average molecular weight is 372 g/mol. The molecule has 2 saturated heterocycles. The third-order valence-electron chi connectivity index (χ3n) is 5.41. The first-order valence-corrected chi connectivity index (χ1v) is 9.31. The van der Waals surface area contributed by atoms with Gasteiger partial charge in [0, 0.05) is 46.2 Å². The summed E-state index contributed by atoms with van der Waals surface area (Å²) in [6, 6.07) is 5.95. The SMILES string of the molecule is CN1CC(=O)N(CC(=O)N2CCN(Cc3ccc4c(c3)CCO4)CC2)C1=O. The Kier molecular flexibility index (Phi) is 4.73. The standard InChI is InChI=1S/C19H24N4O4/c1-20-12-18(25)23(19(20)26)13-17(24)22-7-5-21(6-8-22)11-14-2-3-16-15(10-14)4-9-27-16/h2-3,10H,4-9,11-13H2,1H3. The topological polar surface area (TPSA) is 73.4 Å². The predicted molar refractivity (Wildman–Crippen MR) is 97.2 cm³/mol. The molecule has 0 unspecified atom stereocenters. The molecule has 27 heavy (non-hydrogen) atoms. The number of likely N-dealkylation sites (N-methyl/N-ethyl adjacent to an activating group) is 1. The number of imide groups is 1. The third-order valence-corrected chi connectivity index (χ3v) is 5.41. The van der Waals surface area contributed by atoms with Crippen LogP contribution in [0, 0.1) is 0 Å². The van der Waals surface area contributed by atoms with Crippen molar-refractivity contribution in [3.05, 3.63) is 29.3 Å². The predicted octanol–water partition coefficient (Wildman–Crippen LogP) is 0.160. The minimum Gasteiger partial charge on any atom is -0.493 e. The largest absolute Gasteiger partial charge is 0.493 e. The van der Waals surface area contributed by atoms with Gasteiger partial charge in [0.1, 0.15) is 18.8 Å². The van der Waals surface area contributed by atoms with Gasteiger partial charge in [0.05, 0.1) is 6.61 Å². The zero-order valence-electron chi connectivity index (χ0n) is 15.5. The maximum atomic E-state index is 12.5. The molecule has 0 spiro atoms. The Balaban J connectivity index is 1.28. The zero-order valence-corrected chi connectivity index (χ0v) is 15.5. The fourth-order valence-corrected chi connectivity index (χ4v) is 3.81. The Labute approximate surface area is 158 Å². The van der Waals surface area contributed by atoms with Crippen LogP contribution in [-0.4, -0.2) is 90.4 Å². The van der Waals surface area contributed by atoms with Gasteiger partial charge in [-0.1, -0.05) is 12.1 Å². The van der Waals surface area contributed by atoms with E-state index < -0.39 is 6.03 Å². The number of carbonyl (C=O) groups excluding carboxylic acids is 3. The summed E-state index contributed by atoms with van der Waals surface area (Å²) in [5, 5.41) is 0. The molecule has 3 heterocycles. The molecule has 0 bridgehead atoms. The first-order chi connectivity index (χ1) is 13.0. The van der Waals surface area contributed by atoms with E-state index in [1.165, 1.54) is 16.0 Å². The highest BCUT2D eigenvalue weighted by Gasteiger charge is 2.36. The van der Waals surface area contributed by atoms with E-state index in [0.717, 1.165) is 43.3 Å². The lowest BCUT2D eigenvalue weighted by Crippen LogP contribution is -2.51. The van der Waals surface area contributed by atoms with Crippen LogP contribution in [0.1, 0.15) is 11.1 Å². The second kappa shape index (κ2) is 7.19. The number of ether oxygens (including phenoxy) is 1. The lowest BCUT2D eigenvalue weighted by molar-refractivity contribution is -0.137. The molecule has 8 nitrogen and oxygen atoms in total. The first-order valence-electron chi connectivity index (χ1n) is 9.31. The molecular formula is C19H24N4O4. The van der Waals surface area contributed by atoms with Gasteiger partial charge in [0.25, 0.3) is 5.91 Å². The Morgan fingerprint density at radius 3 is 2.63 bits per heavy atom. The molecule has 2 fully saturated rings. The van der Waals surface area contributed by atoms with Crippen molar-refractivity contribution in [1.29, 1.82) is 0 Å². The highest BCUT2D eigenvalue weighted by Crippen LogP contribution is 2.26. The minimum absolute atomic E-state index is 0.0473. The van der Waals surface area contributed by atoms with Crippen LogP contribution >= 0.6 is 0 Å². The summed E-state index contributed by atoms with van der Waals surface area (Å²) in [4.78, 5) is 42.6. The molecule has 3 aliphatic heterocycles. The summed E-state index contributed by atoms with van der Waals surface area (Å²) in [5.74, 6) is 0.516. The molecule has 0 N–H and O–H groups in total. The number of urea groups is 1. The second-order valence-corrected chi connectivity index (χ2v) is 7.32. The number of carbonyl (C=O) groups is 3. The molecule has 3 aliphatic rings. The molecule has 1 aromatic carbocycles. The van der Waals surface area contributed by atoms with Crippen LogP contribution in [0.5, 0.6) is 5.75 Å². The molecule has 144 valence electrons. The minimum atomic E-state index is -0.396. The van der Waals surface area contributed by atoms with Crippen LogP contribution in [0.2, 0.25) is 0 Å². The van der Waals surface area contributed by atoms with Crippen molar-refractivity contribution in [3.8, 4) is 5.75 Å². The van der Waals surface area contributed by atoms with E-state index >= 15 is 0 Å². The monoisotopic (exact) mass is 372 g/mol. The van der Waals surface area contributed by atoms with Crippen LogP contribution in [0.25, 0.3) is 0 Å². The fourth-order valence-electron chi connectivity index (χ4n) is 3.81. The Morgan fingerprint density at radius 2 is 1.93 bits per heavy atom. The van der Waals surface area contributed by atoms with Crippen LogP contribution in [0.4, 0.5) is 4.79 Å². The highest BCUT2D eigenvalue weighted by atomic mass is 16.5.